The number of para-hydroxylation sites is 1. The van der Waals surface area contributed by atoms with Crippen LogP contribution in [0, 0.1) is 0 Å². The average Bonchev–Trinajstić information content (AvgIpc) is 3.15. The third-order valence-corrected chi connectivity index (χ3v) is 5.52. The van der Waals surface area contributed by atoms with Gasteiger partial charge in [-0.05, 0) is 40.2 Å². The third kappa shape index (κ3) is 3.81. The van der Waals surface area contributed by atoms with Gasteiger partial charge < -0.3 is 5.32 Å². The summed E-state index contributed by atoms with van der Waals surface area (Å²) in [5.74, 6) is 0.777. The van der Waals surface area contributed by atoms with Crippen molar-refractivity contribution < 1.29 is 4.79 Å². The standard InChI is InChI=1S/C19H15BrN6O2S/c1-2-9-25-17(28)13-5-3-4-6-14(13)26-18(25)23-24-19(26)29-11-16(27)22-15-8-7-12(20)10-21-15/h2-8,10H,1,9,11H2,(H,21,22,27). The molecule has 10 heteroatoms. The zero-order valence-electron chi connectivity index (χ0n) is 15.1. The van der Waals surface area contributed by atoms with Gasteiger partial charge >= 0.3 is 0 Å². The van der Waals surface area contributed by atoms with Crippen molar-refractivity contribution in [2.24, 2.45) is 0 Å². The Bertz CT molecular complexity index is 1280. The number of carbonyl (C=O) groups is 1. The molecule has 8 nitrogen and oxygen atoms in total. The molecule has 146 valence electrons. The number of rotatable bonds is 6. The van der Waals surface area contributed by atoms with Crippen molar-refractivity contribution in [1.82, 2.24) is 24.1 Å². The Morgan fingerprint density at radius 2 is 2.07 bits per heavy atom. The summed E-state index contributed by atoms with van der Waals surface area (Å²) in [6, 6.07) is 10.8. The van der Waals surface area contributed by atoms with Gasteiger partial charge in [0.05, 0.1) is 16.7 Å². The second kappa shape index (κ2) is 8.18. The molecule has 0 aliphatic carbocycles. The molecule has 1 aromatic carbocycles. The molecule has 0 fully saturated rings. The molecule has 0 unspecified atom stereocenters. The predicted molar refractivity (Wildman–Crippen MR) is 116 cm³/mol. The molecule has 0 bridgehead atoms. The van der Waals surface area contributed by atoms with Crippen molar-refractivity contribution in [2.45, 2.75) is 11.7 Å². The number of pyridine rings is 1. The van der Waals surface area contributed by atoms with Gasteiger partial charge in [0.25, 0.3) is 5.56 Å². The first kappa shape index (κ1) is 19.3. The highest BCUT2D eigenvalue weighted by Gasteiger charge is 2.17. The second-order valence-corrected chi connectivity index (χ2v) is 7.90. The molecule has 1 N–H and O–H groups in total. The lowest BCUT2D eigenvalue weighted by Crippen LogP contribution is -2.22. The maximum Gasteiger partial charge on any atom is 0.263 e. The van der Waals surface area contributed by atoms with E-state index in [1.807, 2.05) is 18.2 Å². The van der Waals surface area contributed by atoms with E-state index in [1.54, 1.807) is 34.9 Å². The quantitative estimate of drug-likeness (QED) is 0.343. The molecule has 3 heterocycles. The lowest BCUT2D eigenvalue weighted by Gasteiger charge is -2.09. The van der Waals surface area contributed by atoms with Gasteiger partial charge in [0.15, 0.2) is 5.16 Å². The number of carbonyl (C=O) groups excluding carboxylic acids is 1. The van der Waals surface area contributed by atoms with Crippen LogP contribution in [-0.4, -0.2) is 35.8 Å². The van der Waals surface area contributed by atoms with Crippen LogP contribution in [0.3, 0.4) is 0 Å². The van der Waals surface area contributed by atoms with Crippen molar-refractivity contribution in [3.05, 3.63) is 70.1 Å². The number of anilines is 1. The zero-order chi connectivity index (χ0) is 20.4. The van der Waals surface area contributed by atoms with E-state index in [-0.39, 0.29) is 17.2 Å². The minimum Gasteiger partial charge on any atom is -0.310 e. The number of fused-ring (bicyclic) bond motifs is 3. The molecule has 4 aromatic rings. The summed E-state index contributed by atoms with van der Waals surface area (Å²) in [7, 11) is 0. The Kier molecular flexibility index (Phi) is 5.45. The first-order valence-electron chi connectivity index (χ1n) is 8.60. The van der Waals surface area contributed by atoms with E-state index >= 15 is 0 Å². The van der Waals surface area contributed by atoms with Crippen LogP contribution in [0.4, 0.5) is 5.82 Å². The first-order chi connectivity index (χ1) is 14.1. The summed E-state index contributed by atoms with van der Waals surface area (Å²) >= 11 is 4.54. The minimum absolute atomic E-state index is 0.119. The Morgan fingerprint density at radius 3 is 2.83 bits per heavy atom. The van der Waals surface area contributed by atoms with E-state index in [0.717, 1.165) is 4.47 Å². The van der Waals surface area contributed by atoms with Crippen LogP contribution in [0.1, 0.15) is 0 Å². The van der Waals surface area contributed by atoms with Crippen molar-refractivity contribution >= 4 is 56.1 Å². The van der Waals surface area contributed by atoms with Gasteiger partial charge in [0.2, 0.25) is 11.7 Å². The lowest BCUT2D eigenvalue weighted by molar-refractivity contribution is -0.113. The molecule has 0 saturated carbocycles. The molecule has 1 amide bonds. The fraction of sp³-hybridized carbons (Fsp3) is 0.105. The van der Waals surface area contributed by atoms with E-state index in [9.17, 15) is 9.59 Å². The molecule has 0 aliphatic heterocycles. The largest absolute Gasteiger partial charge is 0.310 e. The number of nitrogens with zero attached hydrogens (tertiary/aromatic N) is 5. The topological polar surface area (TPSA) is 94.2 Å². The Balaban J connectivity index is 1.66. The molecule has 29 heavy (non-hydrogen) atoms. The molecular formula is C19H15BrN6O2S. The molecule has 3 aromatic heterocycles. The second-order valence-electron chi connectivity index (χ2n) is 6.04. The van der Waals surface area contributed by atoms with E-state index < -0.39 is 0 Å². The number of amides is 1. The lowest BCUT2D eigenvalue weighted by atomic mass is 10.2. The SMILES string of the molecule is C=CCn1c(=O)c2ccccc2n2c(SCC(=O)Nc3ccc(Br)cn3)nnc12. The van der Waals surface area contributed by atoms with E-state index in [0.29, 0.717) is 34.2 Å². The Labute approximate surface area is 177 Å². The van der Waals surface area contributed by atoms with E-state index in [1.165, 1.54) is 16.3 Å². The highest BCUT2D eigenvalue weighted by molar-refractivity contribution is 9.10. The van der Waals surface area contributed by atoms with Crippen LogP contribution < -0.4 is 10.9 Å². The summed E-state index contributed by atoms with van der Waals surface area (Å²) in [5, 5.41) is 12.2. The van der Waals surface area contributed by atoms with Gasteiger partial charge in [0, 0.05) is 17.2 Å². The van der Waals surface area contributed by atoms with Crippen LogP contribution in [0.2, 0.25) is 0 Å². The highest BCUT2D eigenvalue weighted by Crippen LogP contribution is 2.22. The maximum absolute atomic E-state index is 12.8. The number of halogens is 1. The van der Waals surface area contributed by atoms with Crippen molar-refractivity contribution in [1.29, 1.82) is 0 Å². The number of aromatic nitrogens is 5. The van der Waals surface area contributed by atoms with Gasteiger partial charge in [-0.2, -0.15) is 0 Å². The summed E-state index contributed by atoms with van der Waals surface area (Å²) in [4.78, 5) is 29.2. The smallest absolute Gasteiger partial charge is 0.263 e. The van der Waals surface area contributed by atoms with Crippen LogP contribution in [0.25, 0.3) is 16.7 Å². The summed E-state index contributed by atoms with van der Waals surface area (Å²) in [6.45, 7) is 4.02. The first-order valence-corrected chi connectivity index (χ1v) is 10.4. The fourth-order valence-electron chi connectivity index (χ4n) is 2.88. The van der Waals surface area contributed by atoms with Crippen molar-refractivity contribution in [3.63, 3.8) is 0 Å². The van der Waals surface area contributed by atoms with Gasteiger partial charge in [0.1, 0.15) is 5.82 Å². The van der Waals surface area contributed by atoms with Crippen LogP contribution in [0.15, 0.2) is 69.7 Å². The monoisotopic (exact) mass is 470 g/mol. The normalized spacial score (nSPS) is 11.1. The van der Waals surface area contributed by atoms with Crippen LogP contribution in [-0.2, 0) is 11.3 Å². The average molecular weight is 471 g/mol. The number of benzene rings is 1. The summed E-state index contributed by atoms with van der Waals surface area (Å²) < 4.78 is 4.13. The molecule has 4 rings (SSSR count). The highest BCUT2D eigenvalue weighted by atomic mass is 79.9. The van der Waals surface area contributed by atoms with Crippen molar-refractivity contribution in [3.8, 4) is 0 Å². The number of hydrogen-bond donors (Lipinski definition) is 1. The van der Waals surface area contributed by atoms with Crippen molar-refractivity contribution in [2.75, 3.05) is 11.1 Å². The molecular weight excluding hydrogens is 456 g/mol. The Hall–Kier alpha value is -2.98. The van der Waals surface area contributed by atoms with Crippen LogP contribution in [0.5, 0.6) is 0 Å². The molecule has 0 radical (unpaired) electrons. The summed E-state index contributed by atoms with van der Waals surface area (Å²) in [5.41, 5.74) is 0.534. The third-order valence-electron chi connectivity index (χ3n) is 4.12. The molecule has 0 saturated heterocycles. The van der Waals surface area contributed by atoms with Gasteiger partial charge in [-0.3, -0.25) is 18.6 Å². The maximum atomic E-state index is 12.8. The molecule has 0 spiro atoms. The van der Waals surface area contributed by atoms with Gasteiger partial charge in [-0.25, -0.2) is 4.98 Å². The fourth-order valence-corrected chi connectivity index (χ4v) is 3.85. The molecule has 0 aliphatic rings. The minimum atomic E-state index is -0.217. The number of thioether (sulfide) groups is 1. The van der Waals surface area contributed by atoms with Gasteiger partial charge in [-0.15, -0.1) is 16.8 Å². The predicted octanol–water partition coefficient (Wildman–Crippen LogP) is 3.12. The molecule has 0 atom stereocenters. The number of hydrogen-bond acceptors (Lipinski definition) is 6. The van der Waals surface area contributed by atoms with Crippen LogP contribution >= 0.6 is 27.7 Å². The van der Waals surface area contributed by atoms with E-state index in [4.69, 9.17) is 0 Å². The number of nitrogens with one attached hydrogen (secondary N) is 1. The number of allylic oxidation sites excluding steroid dienone is 1. The zero-order valence-corrected chi connectivity index (χ0v) is 17.5. The van der Waals surface area contributed by atoms with Gasteiger partial charge in [-0.1, -0.05) is 30.0 Å². The summed E-state index contributed by atoms with van der Waals surface area (Å²) in [6.07, 6.45) is 3.25. The Morgan fingerprint density at radius 1 is 1.24 bits per heavy atom. The van der Waals surface area contributed by atoms with E-state index in [2.05, 4.69) is 43.0 Å².